The van der Waals surface area contributed by atoms with Gasteiger partial charge in [-0.25, -0.2) is 4.98 Å². The lowest BCUT2D eigenvalue weighted by Gasteiger charge is -1.91. The number of benzene rings is 1. The van der Waals surface area contributed by atoms with Gasteiger partial charge in [-0.05, 0) is 46.3 Å². The summed E-state index contributed by atoms with van der Waals surface area (Å²) >= 11 is 6.42. The summed E-state index contributed by atoms with van der Waals surface area (Å²) in [6, 6.07) is 8.56. The number of aromatic hydroxyl groups is 1. The molecule has 0 saturated heterocycles. The minimum Gasteiger partial charge on any atom is -0.508 e. The standard InChI is InChI=1S/C11H6BrN3OS2/c12-11-13-10-8(17-11)5-9(18-10)15-14-6-1-3-7(16)4-2-6/h1-5,16H. The van der Waals surface area contributed by atoms with E-state index in [1.807, 2.05) is 6.07 Å². The molecule has 3 rings (SSSR count). The van der Waals surface area contributed by atoms with Crippen molar-refractivity contribution in [2.24, 2.45) is 10.2 Å². The number of azo groups is 1. The number of hydrogen-bond acceptors (Lipinski definition) is 6. The highest BCUT2D eigenvalue weighted by atomic mass is 79.9. The fourth-order valence-corrected chi connectivity index (χ4v) is 3.95. The zero-order valence-corrected chi connectivity index (χ0v) is 12.1. The van der Waals surface area contributed by atoms with Crippen molar-refractivity contribution in [3.8, 4) is 5.75 Å². The second-order valence-corrected chi connectivity index (χ2v) is 6.75. The van der Waals surface area contributed by atoms with E-state index in [2.05, 4.69) is 31.1 Å². The van der Waals surface area contributed by atoms with Gasteiger partial charge in [-0.15, -0.1) is 21.6 Å². The summed E-state index contributed by atoms with van der Waals surface area (Å²) in [6.45, 7) is 0. The number of rotatable bonds is 2. The van der Waals surface area contributed by atoms with Crippen LogP contribution in [0.4, 0.5) is 10.7 Å². The monoisotopic (exact) mass is 339 g/mol. The molecule has 0 saturated carbocycles. The van der Waals surface area contributed by atoms with E-state index in [9.17, 15) is 0 Å². The highest BCUT2D eigenvalue weighted by molar-refractivity contribution is 9.11. The Labute approximate surface area is 119 Å². The lowest BCUT2D eigenvalue weighted by atomic mass is 10.3. The van der Waals surface area contributed by atoms with Gasteiger partial charge in [0.25, 0.3) is 0 Å². The molecule has 0 aliphatic carbocycles. The summed E-state index contributed by atoms with van der Waals surface area (Å²) in [7, 11) is 0. The van der Waals surface area contributed by atoms with Crippen LogP contribution in [-0.2, 0) is 0 Å². The van der Waals surface area contributed by atoms with Crippen molar-refractivity contribution in [3.05, 3.63) is 34.2 Å². The van der Waals surface area contributed by atoms with Crippen LogP contribution in [0.3, 0.4) is 0 Å². The number of halogens is 1. The van der Waals surface area contributed by atoms with Crippen LogP contribution < -0.4 is 0 Å². The first kappa shape index (κ1) is 11.8. The molecule has 0 radical (unpaired) electrons. The van der Waals surface area contributed by atoms with Crippen molar-refractivity contribution < 1.29 is 5.11 Å². The molecule has 0 aliphatic heterocycles. The molecule has 1 N–H and O–H groups in total. The van der Waals surface area contributed by atoms with E-state index >= 15 is 0 Å². The summed E-state index contributed by atoms with van der Waals surface area (Å²) in [6.07, 6.45) is 0. The van der Waals surface area contributed by atoms with Gasteiger partial charge in [-0.1, -0.05) is 11.3 Å². The zero-order valence-electron chi connectivity index (χ0n) is 8.87. The average Bonchev–Trinajstić information content (AvgIpc) is 2.85. The van der Waals surface area contributed by atoms with Crippen molar-refractivity contribution in [2.75, 3.05) is 0 Å². The Morgan fingerprint density at radius 3 is 2.61 bits per heavy atom. The van der Waals surface area contributed by atoms with Crippen LogP contribution in [0, 0.1) is 0 Å². The quantitative estimate of drug-likeness (QED) is 0.649. The average molecular weight is 340 g/mol. The molecular weight excluding hydrogens is 334 g/mol. The van der Waals surface area contributed by atoms with E-state index in [4.69, 9.17) is 5.11 Å². The fourth-order valence-electron chi connectivity index (χ4n) is 1.37. The van der Waals surface area contributed by atoms with Crippen molar-refractivity contribution in [1.82, 2.24) is 4.98 Å². The molecular formula is C11H6BrN3OS2. The molecule has 1 aromatic carbocycles. The summed E-state index contributed by atoms with van der Waals surface area (Å²) in [5.74, 6) is 0.222. The van der Waals surface area contributed by atoms with Gasteiger partial charge in [0.15, 0.2) is 3.92 Å². The lowest BCUT2D eigenvalue weighted by Crippen LogP contribution is -1.63. The maximum atomic E-state index is 9.15. The molecule has 0 fully saturated rings. The smallest absolute Gasteiger partial charge is 0.161 e. The third-order valence-corrected chi connectivity index (χ3v) is 4.66. The van der Waals surface area contributed by atoms with E-state index in [1.165, 1.54) is 11.3 Å². The molecule has 0 bridgehead atoms. The molecule has 3 aromatic rings. The largest absolute Gasteiger partial charge is 0.508 e. The van der Waals surface area contributed by atoms with E-state index in [0.717, 1.165) is 18.4 Å². The Balaban J connectivity index is 1.86. The number of phenolic OH excluding ortho intramolecular Hbond substituents is 1. The molecule has 0 spiro atoms. The molecule has 4 nitrogen and oxygen atoms in total. The molecule has 0 atom stereocenters. The first-order valence-corrected chi connectivity index (χ1v) is 7.40. The molecule has 90 valence electrons. The van der Waals surface area contributed by atoms with Crippen molar-refractivity contribution in [2.45, 2.75) is 0 Å². The first-order valence-electron chi connectivity index (χ1n) is 4.97. The summed E-state index contributed by atoms with van der Waals surface area (Å²) in [5.41, 5.74) is 0.707. The predicted octanol–water partition coefficient (Wildman–Crippen LogP) is 5.24. The zero-order chi connectivity index (χ0) is 12.5. The maximum Gasteiger partial charge on any atom is 0.161 e. The first-order chi connectivity index (χ1) is 8.70. The van der Waals surface area contributed by atoms with Gasteiger partial charge in [0.2, 0.25) is 0 Å². The minimum atomic E-state index is 0.222. The third kappa shape index (κ3) is 2.43. The second-order valence-electron chi connectivity index (χ2n) is 3.44. The molecule has 0 amide bonds. The number of hydrogen-bond donors (Lipinski definition) is 1. The van der Waals surface area contributed by atoms with Crippen molar-refractivity contribution >= 4 is 58.8 Å². The van der Waals surface area contributed by atoms with E-state index in [0.29, 0.717) is 5.69 Å². The molecule has 0 unspecified atom stereocenters. The normalized spacial score (nSPS) is 11.6. The van der Waals surface area contributed by atoms with Crippen LogP contribution in [0.15, 0.2) is 44.5 Å². The van der Waals surface area contributed by atoms with Gasteiger partial charge in [0, 0.05) is 0 Å². The Morgan fingerprint density at radius 1 is 1.11 bits per heavy atom. The summed E-state index contributed by atoms with van der Waals surface area (Å²) < 4.78 is 1.98. The van der Waals surface area contributed by atoms with Crippen molar-refractivity contribution in [3.63, 3.8) is 0 Å². The number of fused-ring (bicyclic) bond motifs is 1. The van der Waals surface area contributed by atoms with Gasteiger partial charge in [-0.2, -0.15) is 0 Å². The molecule has 7 heteroatoms. The molecule has 0 aliphatic rings. The fraction of sp³-hybridized carbons (Fsp3) is 0. The van der Waals surface area contributed by atoms with E-state index < -0.39 is 0 Å². The summed E-state index contributed by atoms with van der Waals surface area (Å²) in [4.78, 5) is 5.28. The van der Waals surface area contributed by atoms with Gasteiger partial charge in [0.1, 0.15) is 15.6 Å². The van der Waals surface area contributed by atoms with E-state index in [-0.39, 0.29) is 5.75 Å². The number of thiophene rings is 1. The Hall–Kier alpha value is -1.31. The predicted molar refractivity (Wildman–Crippen MR) is 77.5 cm³/mol. The van der Waals surface area contributed by atoms with Gasteiger partial charge in [-0.3, -0.25) is 0 Å². The second kappa shape index (κ2) is 4.75. The number of phenols is 1. The SMILES string of the molecule is Oc1ccc(N=Nc2cc3sc(Br)nc3s2)cc1. The van der Waals surface area contributed by atoms with Crippen molar-refractivity contribution in [1.29, 1.82) is 0 Å². The van der Waals surface area contributed by atoms with Crippen LogP contribution in [0.5, 0.6) is 5.75 Å². The maximum absolute atomic E-state index is 9.15. The Morgan fingerprint density at radius 2 is 1.89 bits per heavy atom. The van der Waals surface area contributed by atoms with E-state index in [1.54, 1.807) is 35.6 Å². The molecule has 18 heavy (non-hydrogen) atoms. The minimum absolute atomic E-state index is 0.222. The molecule has 2 heterocycles. The van der Waals surface area contributed by atoms with Crippen LogP contribution in [0.1, 0.15) is 0 Å². The lowest BCUT2D eigenvalue weighted by molar-refractivity contribution is 0.475. The molecule has 2 aromatic heterocycles. The van der Waals surface area contributed by atoms with Crippen LogP contribution in [-0.4, -0.2) is 10.1 Å². The van der Waals surface area contributed by atoms with Crippen LogP contribution in [0.2, 0.25) is 0 Å². The highest BCUT2D eigenvalue weighted by Crippen LogP contribution is 2.37. The van der Waals surface area contributed by atoms with Crippen LogP contribution in [0.25, 0.3) is 9.53 Å². The Bertz CT molecular complexity index is 686. The van der Waals surface area contributed by atoms with Gasteiger partial charge < -0.3 is 5.11 Å². The van der Waals surface area contributed by atoms with Gasteiger partial charge in [0.05, 0.1) is 10.4 Å². The Kier molecular flexibility index (Phi) is 3.11. The highest BCUT2D eigenvalue weighted by Gasteiger charge is 2.06. The van der Waals surface area contributed by atoms with Crippen LogP contribution >= 0.6 is 38.6 Å². The number of aromatic nitrogens is 1. The number of nitrogens with zero attached hydrogens (tertiary/aromatic N) is 3. The van der Waals surface area contributed by atoms with Gasteiger partial charge >= 0.3 is 0 Å². The third-order valence-electron chi connectivity index (χ3n) is 2.16. The number of thiazole rings is 1. The topological polar surface area (TPSA) is 57.8 Å². The summed E-state index contributed by atoms with van der Waals surface area (Å²) in [5, 5.41) is 18.2.